The molecule has 5 nitrogen and oxygen atoms in total. The molecule has 0 fully saturated rings. The molecule has 1 atom stereocenters. The number of benzene rings is 1. The quantitative estimate of drug-likeness (QED) is 0.878. The Morgan fingerprint density at radius 2 is 1.90 bits per heavy atom. The van der Waals surface area contributed by atoms with Crippen LogP contribution in [-0.2, 0) is 13.0 Å². The molecule has 20 heavy (non-hydrogen) atoms. The van der Waals surface area contributed by atoms with Crippen molar-refractivity contribution in [2.45, 2.75) is 45.8 Å². The fourth-order valence-electron chi connectivity index (χ4n) is 1.77. The molecule has 2 rings (SSSR count). The third kappa shape index (κ3) is 4.06. The van der Waals surface area contributed by atoms with E-state index in [2.05, 4.69) is 10.1 Å². The molecule has 0 saturated heterocycles. The van der Waals surface area contributed by atoms with Crippen LogP contribution in [0, 0.1) is 0 Å². The van der Waals surface area contributed by atoms with Crippen LogP contribution in [-0.4, -0.2) is 21.4 Å². The van der Waals surface area contributed by atoms with E-state index in [9.17, 15) is 5.11 Å². The molecule has 0 aliphatic carbocycles. The van der Waals surface area contributed by atoms with Gasteiger partial charge in [0.05, 0.1) is 6.10 Å². The SMILES string of the molecule is CC(O)Cc1ccc(OCc2nc(C(C)C)no2)cc1. The zero-order valence-corrected chi connectivity index (χ0v) is 12.0. The Kier molecular flexibility index (Phi) is 4.74. The maximum absolute atomic E-state index is 9.32. The van der Waals surface area contributed by atoms with Gasteiger partial charge in [-0.25, -0.2) is 0 Å². The van der Waals surface area contributed by atoms with E-state index < -0.39 is 0 Å². The summed E-state index contributed by atoms with van der Waals surface area (Å²) in [5, 5.41) is 13.2. The average molecular weight is 276 g/mol. The number of aromatic nitrogens is 2. The summed E-state index contributed by atoms with van der Waals surface area (Å²) in [4.78, 5) is 4.25. The van der Waals surface area contributed by atoms with Gasteiger partial charge in [-0.15, -0.1) is 0 Å². The average Bonchev–Trinajstić information content (AvgIpc) is 2.86. The van der Waals surface area contributed by atoms with Gasteiger partial charge in [0.25, 0.3) is 5.89 Å². The van der Waals surface area contributed by atoms with Crippen LogP contribution in [0.3, 0.4) is 0 Å². The first-order valence-corrected chi connectivity index (χ1v) is 6.77. The molecule has 0 aliphatic heterocycles. The molecular weight excluding hydrogens is 256 g/mol. The third-order valence-corrected chi connectivity index (χ3v) is 2.82. The van der Waals surface area contributed by atoms with Crippen LogP contribution in [0.1, 0.15) is 44.0 Å². The predicted octanol–water partition coefficient (Wildman–Crippen LogP) is 2.70. The summed E-state index contributed by atoms with van der Waals surface area (Å²) in [7, 11) is 0. The fraction of sp³-hybridized carbons (Fsp3) is 0.467. The standard InChI is InChI=1S/C15H20N2O3/c1-10(2)15-16-14(20-17-15)9-19-13-6-4-12(5-7-13)8-11(3)18/h4-7,10-11,18H,8-9H2,1-3H3. The van der Waals surface area contributed by atoms with Gasteiger partial charge in [0, 0.05) is 5.92 Å². The van der Waals surface area contributed by atoms with E-state index in [1.165, 1.54) is 0 Å². The van der Waals surface area contributed by atoms with Crippen molar-refractivity contribution in [3.63, 3.8) is 0 Å². The number of rotatable bonds is 6. The lowest BCUT2D eigenvalue weighted by molar-refractivity contribution is 0.195. The van der Waals surface area contributed by atoms with E-state index in [-0.39, 0.29) is 18.6 Å². The largest absolute Gasteiger partial charge is 0.484 e. The Labute approximate surface area is 118 Å². The lowest BCUT2D eigenvalue weighted by atomic mass is 10.1. The number of hydrogen-bond acceptors (Lipinski definition) is 5. The van der Waals surface area contributed by atoms with Crippen molar-refractivity contribution in [3.8, 4) is 5.75 Å². The Balaban J connectivity index is 1.90. The van der Waals surface area contributed by atoms with Crippen LogP contribution in [0.15, 0.2) is 28.8 Å². The summed E-state index contributed by atoms with van der Waals surface area (Å²) in [6.07, 6.45) is 0.302. The van der Waals surface area contributed by atoms with Gasteiger partial charge in [-0.1, -0.05) is 31.1 Å². The second-order valence-corrected chi connectivity index (χ2v) is 5.19. The monoisotopic (exact) mass is 276 g/mol. The van der Waals surface area contributed by atoms with Crippen molar-refractivity contribution in [1.82, 2.24) is 10.1 Å². The van der Waals surface area contributed by atoms with Crippen molar-refractivity contribution in [2.24, 2.45) is 0 Å². The zero-order chi connectivity index (χ0) is 14.5. The predicted molar refractivity (Wildman–Crippen MR) is 74.5 cm³/mol. The van der Waals surface area contributed by atoms with Gasteiger partial charge in [-0.05, 0) is 31.0 Å². The summed E-state index contributed by atoms with van der Waals surface area (Å²) < 4.78 is 10.7. The maximum atomic E-state index is 9.32. The molecule has 1 aromatic heterocycles. The van der Waals surface area contributed by atoms with E-state index in [4.69, 9.17) is 9.26 Å². The molecule has 1 heterocycles. The van der Waals surface area contributed by atoms with Crippen molar-refractivity contribution in [3.05, 3.63) is 41.5 Å². The Morgan fingerprint density at radius 1 is 1.20 bits per heavy atom. The Morgan fingerprint density at radius 3 is 2.45 bits per heavy atom. The molecule has 2 aromatic rings. The first-order chi connectivity index (χ1) is 9.54. The van der Waals surface area contributed by atoms with Crippen molar-refractivity contribution in [2.75, 3.05) is 0 Å². The minimum absolute atomic E-state index is 0.243. The third-order valence-electron chi connectivity index (χ3n) is 2.82. The molecule has 0 aliphatic rings. The Hall–Kier alpha value is -1.88. The highest BCUT2D eigenvalue weighted by Gasteiger charge is 2.10. The second-order valence-electron chi connectivity index (χ2n) is 5.19. The summed E-state index contributed by atoms with van der Waals surface area (Å²) >= 11 is 0. The molecule has 0 saturated carbocycles. The lowest BCUT2D eigenvalue weighted by Gasteiger charge is -2.06. The van der Waals surface area contributed by atoms with Gasteiger partial charge in [0.15, 0.2) is 12.4 Å². The van der Waals surface area contributed by atoms with E-state index in [1.54, 1.807) is 6.92 Å². The van der Waals surface area contributed by atoms with Crippen LogP contribution in [0.25, 0.3) is 0 Å². The van der Waals surface area contributed by atoms with Crippen LogP contribution in [0.2, 0.25) is 0 Å². The van der Waals surface area contributed by atoms with Gasteiger partial charge in [-0.3, -0.25) is 0 Å². The highest BCUT2D eigenvalue weighted by molar-refractivity contribution is 5.27. The molecular formula is C15H20N2O3. The van der Waals surface area contributed by atoms with Crippen LogP contribution in [0.5, 0.6) is 5.75 Å². The highest BCUT2D eigenvalue weighted by Crippen LogP contribution is 2.16. The van der Waals surface area contributed by atoms with Gasteiger partial charge < -0.3 is 14.4 Å². The van der Waals surface area contributed by atoms with Gasteiger partial charge in [-0.2, -0.15) is 4.98 Å². The smallest absolute Gasteiger partial charge is 0.264 e. The molecule has 0 bridgehead atoms. The summed E-state index contributed by atoms with van der Waals surface area (Å²) in [5.41, 5.74) is 1.08. The van der Waals surface area contributed by atoms with Gasteiger partial charge >= 0.3 is 0 Å². The van der Waals surface area contributed by atoms with Crippen molar-refractivity contribution in [1.29, 1.82) is 0 Å². The summed E-state index contributed by atoms with van der Waals surface area (Å²) in [6, 6.07) is 7.62. The molecule has 0 radical (unpaired) electrons. The number of nitrogens with zero attached hydrogens (tertiary/aromatic N) is 2. The Bertz CT molecular complexity index is 532. The van der Waals surface area contributed by atoms with E-state index in [1.807, 2.05) is 38.1 Å². The molecule has 1 N–H and O–H groups in total. The molecule has 1 aromatic carbocycles. The number of aliphatic hydroxyl groups is 1. The molecule has 5 heteroatoms. The first-order valence-electron chi connectivity index (χ1n) is 6.77. The summed E-state index contributed by atoms with van der Waals surface area (Å²) in [6.45, 7) is 6.05. The minimum atomic E-state index is -0.338. The van der Waals surface area contributed by atoms with E-state index in [0.29, 0.717) is 18.1 Å². The second kappa shape index (κ2) is 6.52. The number of ether oxygens (including phenoxy) is 1. The van der Waals surface area contributed by atoms with E-state index >= 15 is 0 Å². The number of aliphatic hydroxyl groups excluding tert-OH is 1. The van der Waals surface area contributed by atoms with Crippen LogP contribution >= 0.6 is 0 Å². The number of hydrogen-bond donors (Lipinski definition) is 1. The van der Waals surface area contributed by atoms with Crippen LogP contribution < -0.4 is 4.74 Å². The maximum Gasteiger partial charge on any atom is 0.264 e. The minimum Gasteiger partial charge on any atom is -0.484 e. The molecule has 0 spiro atoms. The van der Waals surface area contributed by atoms with Crippen molar-refractivity contribution < 1.29 is 14.4 Å². The van der Waals surface area contributed by atoms with Gasteiger partial charge in [0.2, 0.25) is 0 Å². The van der Waals surface area contributed by atoms with Crippen molar-refractivity contribution >= 4 is 0 Å². The molecule has 108 valence electrons. The molecule has 1 unspecified atom stereocenters. The highest BCUT2D eigenvalue weighted by atomic mass is 16.5. The molecule has 0 amide bonds. The zero-order valence-electron chi connectivity index (χ0n) is 12.0. The van der Waals surface area contributed by atoms with Gasteiger partial charge in [0.1, 0.15) is 5.75 Å². The van der Waals surface area contributed by atoms with Crippen LogP contribution in [0.4, 0.5) is 0 Å². The summed E-state index contributed by atoms with van der Waals surface area (Å²) in [5.74, 6) is 2.15. The topological polar surface area (TPSA) is 68.4 Å². The normalized spacial score (nSPS) is 12.7. The van der Waals surface area contributed by atoms with E-state index in [0.717, 1.165) is 11.3 Å². The lowest BCUT2D eigenvalue weighted by Crippen LogP contribution is -2.04. The first kappa shape index (κ1) is 14.5. The fourth-order valence-corrected chi connectivity index (χ4v) is 1.77.